The van der Waals surface area contributed by atoms with E-state index in [2.05, 4.69) is 15.6 Å². The summed E-state index contributed by atoms with van der Waals surface area (Å²) in [6.07, 6.45) is 2.27. The van der Waals surface area contributed by atoms with Crippen molar-refractivity contribution in [1.82, 2.24) is 10.6 Å². The summed E-state index contributed by atoms with van der Waals surface area (Å²) in [5.41, 5.74) is -0.685. The average Bonchev–Trinajstić information content (AvgIpc) is 3.01. The number of benzene rings is 1. The lowest BCUT2D eigenvalue weighted by atomic mass is 10.2. The Morgan fingerprint density at radius 3 is 2.45 bits per heavy atom. The molecular formula is C14H17F4N3S. The molecule has 8 heteroatoms. The van der Waals surface area contributed by atoms with Gasteiger partial charge >= 0.3 is 0 Å². The molecule has 1 aromatic rings. The normalized spacial score (nSPS) is 18.6. The molecule has 3 nitrogen and oxygen atoms in total. The molecule has 2 N–H and O–H groups in total. The van der Waals surface area contributed by atoms with Gasteiger partial charge in [0, 0.05) is 37.0 Å². The molecule has 1 heterocycles. The highest BCUT2D eigenvalue weighted by Crippen LogP contribution is 2.25. The van der Waals surface area contributed by atoms with Gasteiger partial charge in [0.15, 0.2) is 29.2 Å². The van der Waals surface area contributed by atoms with Crippen molar-refractivity contribution < 1.29 is 17.6 Å². The molecule has 122 valence electrons. The predicted octanol–water partition coefficient (Wildman–Crippen LogP) is 2.80. The summed E-state index contributed by atoms with van der Waals surface area (Å²) in [6.45, 7) is 0.274. The molecule has 1 aliphatic rings. The molecule has 1 aromatic carbocycles. The zero-order chi connectivity index (χ0) is 16.1. The van der Waals surface area contributed by atoms with Gasteiger partial charge in [-0.2, -0.15) is 11.8 Å². The summed E-state index contributed by atoms with van der Waals surface area (Å²) in [4.78, 5) is 3.92. The van der Waals surface area contributed by atoms with Gasteiger partial charge in [-0.3, -0.25) is 4.99 Å². The van der Waals surface area contributed by atoms with Crippen LogP contribution in [0.5, 0.6) is 0 Å². The Kier molecular flexibility index (Phi) is 5.93. The van der Waals surface area contributed by atoms with Gasteiger partial charge in [-0.25, -0.2) is 17.6 Å². The number of thioether (sulfide) groups is 1. The lowest BCUT2D eigenvalue weighted by Gasteiger charge is -2.15. The third-order valence-corrected chi connectivity index (χ3v) is 4.78. The first-order valence-electron chi connectivity index (χ1n) is 6.91. The fraction of sp³-hybridized carbons (Fsp3) is 0.500. The summed E-state index contributed by atoms with van der Waals surface area (Å²) < 4.78 is 53.3. The largest absolute Gasteiger partial charge is 0.355 e. The Bertz CT molecular complexity index is 533. The number of rotatable bonds is 4. The molecule has 0 spiro atoms. The third kappa shape index (κ3) is 4.06. The van der Waals surface area contributed by atoms with Crippen LogP contribution in [-0.4, -0.2) is 30.6 Å². The van der Waals surface area contributed by atoms with Crippen LogP contribution in [0.3, 0.4) is 0 Å². The Morgan fingerprint density at radius 1 is 1.23 bits per heavy atom. The van der Waals surface area contributed by atoms with Crippen LogP contribution >= 0.6 is 11.8 Å². The molecule has 1 aliphatic heterocycles. The van der Waals surface area contributed by atoms with E-state index in [1.54, 1.807) is 0 Å². The Hall–Kier alpha value is -1.44. The van der Waals surface area contributed by atoms with Crippen molar-refractivity contribution in [2.45, 2.75) is 24.6 Å². The quantitative estimate of drug-likeness (QED) is 0.384. The molecular weight excluding hydrogens is 318 g/mol. The molecule has 2 rings (SSSR count). The van der Waals surface area contributed by atoms with E-state index < -0.39 is 35.4 Å². The number of aliphatic imine (C=N–C) groups is 1. The number of halogens is 4. The minimum absolute atomic E-state index is 0.193. The van der Waals surface area contributed by atoms with E-state index in [4.69, 9.17) is 0 Å². The van der Waals surface area contributed by atoms with Crippen LogP contribution in [0.1, 0.15) is 18.4 Å². The monoisotopic (exact) mass is 335 g/mol. The van der Waals surface area contributed by atoms with Gasteiger partial charge in [-0.1, -0.05) is 0 Å². The summed E-state index contributed by atoms with van der Waals surface area (Å²) in [6, 6.07) is 0.193. The van der Waals surface area contributed by atoms with Gasteiger partial charge in [0.1, 0.15) is 0 Å². The number of guanidine groups is 1. The second-order valence-electron chi connectivity index (χ2n) is 4.89. The van der Waals surface area contributed by atoms with Gasteiger partial charge < -0.3 is 10.6 Å². The number of hydrogen-bond donors (Lipinski definition) is 2. The van der Waals surface area contributed by atoms with Gasteiger partial charge in [0.25, 0.3) is 0 Å². The van der Waals surface area contributed by atoms with Gasteiger partial charge in [0.05, 0.1) is 0 Å². The lowest BCUT2D eigenvalue weighted by Crippen LogP contribution is -2.40. The fourth-order valence-electron chi connectivity index (χ4n) is 2.19. The first-order valence-corrected chi connectivity index (χ1v) is 7.95. The second kappa shape index (κ2) is 7.71. The maximum Gasteiger partial charge on any atom is 0.191 e. The van der Waals surface area contributed by atoms with Crippen LogP contribution in [0.4, 0.5) is 17.6 Å². The van der Waals surface area contributed by atoms with Crippen molar-refractivity contribution in [3.8, 4) is 0 Å². The molecule has 0 bridgehead atoms. The number of hydrogen-bond acceptors (Lipinski definition) is 2. The molecule has 1 atom stereocenters. The van der Waals surface area contributed by atoms with Crippen LogP contribution in [0.15, 0.2) is 11.1 Å². The summed E-state index contributed by atoms with van der Waals surface area (Å²) in [5, 5.41) is 6.17. The second-order valence-corrected chi connectivity index (χ2v) is 6.30. The maximum absolute atomic E-state index is 13.5. The summed E-state index contributed by atoms with van der Waals surface area (Å²) >= 11 is 1.85. The van der Waals surface area contributed by atoms with E-state index in [0.717, 1.165) is 12.2 Å². The van der Waals surface area contributed by atoms with E-state index in [0.29, 0.717) is 17.8 Å². The summed E-state index contributed by atoms with van der Waals surface area (Å²) in [7, 11) is 1.51. The molecule has 0 aliphatic carbocycles. The first kappa shape index (κ1) is 16.9. The number of nitrogens with one attached hydrogen (secondary N) is 2. The van der Waals surface area contributed by atoms with Crippen molar-refractivity contribution in [3.05, 3.63) is 34.9 Å². The van der Waals surface area contributed by atoms with Crippen LogP contribution in [0.25, 0.3) is 0 Å². The highest BCUT2D eigenvalue weighted by molar-refractivity contribution is 8.00. The highest BCUT2D eigenvalue weighted by Gasteiger charge is 2.19. The Morgan fingerprint density at radius 2 is 1.91 bits per heavy atom. The van der Waals surface area contributed by atoms with Gasteiger partial charge in [-0.05, 0) is 18.6 Å². The number of nitrogens with zero attached hydrogens (tertiary/aromatic N) is 1. The van der Waals surface area contributed by atoms with Crippen molar-refractivity contribution in [1.29, 1.82) is 0 Å². The Balaban J connectivity index is 1.96. The zero-order valence-corrected chi connectivity index (χ0v) is 12.9. The minimum Gasteiger partial charge on any atom is -0.355 e. The topological polar surface area (TPSA) is 36.4 Å². The molecule has 0 radical (unpaired) electrons. The predicted molar refractivity (Wildman–Crippen MR) is 80.0 cm³/mol. The van der Waals surface area contributed by atoms with E-state index in [-0.39, 0.29) is 6.07 Å². The molecule has 1 unspecified atom stereocenters. The smallest absolute Gasteiger partial charge is 0.191 e. The van der Waals surface area contributed by atoms with Crippen molar-refractivity contribution >= 4 is 17.7 Å². The fourth-order valence-corrected chi connectivity index (χ4v) is 3.39. The zero-order valence-electron chi connectivity index (χ0n) is 12.1. The average molecular weight is 335 g/mol. The van der Waals surface area contributed by atoms with Crippen molar-refractivity contribution in [2.24, 2.45) is 4.99 Å². The van der Waals surface area contributed by atoms with E-state index in [1.165, 1.54) is 13.5 Å². The van der Waals surface area contributed by atoms with E-state index in [1.807, 2.05) is 11.8 Å². The molecule has 1 fully saturated rings. The van der Waals surface area contributed by atoms with Gasteiger partial charge in [0.2, 0.25) is 0 Å². The van der Waals surface area contributed by atoms with E-state index in [9.17, 15) is 17.6 Å². The molecule has 0 amide bonds. The van der Waals surface area contributed by atoms with Crippen LogP contribution in [0.2, 0.25) is 0 Å². The Labute approximate surface area is 130 Å². The summed E-state index contributed by atoms with van der Waals surface area (Å²) in [5.74, 6) is -4.17. The minimum atomic E-state index is -1.42. The van der Waals surface area contributed by atoms with Crippen molar-refractivity contribution in [2.75, 3.05) is 19.3 Å². The highest BCUT2D eigenvalue weighted by atomic mass is 32.2. The molecule has 1 saturated heterocycles. The van der Waals surface area contributed by atoms with Gasteiger partial charge in [-0.15, -0.1) is 0 Å². The van der Waals surface area contributed by atoms with Crippen LogP contribution in [0, 0.1) is 23.3 Å². The third-order valence-electron chi connectivity index (χ3n) is 3.38. The van der Waals surface area contributed by atoms with E-state index >= 15 is 0 Å². The SMILES string of the molecule is CN=C(NCc1c(F)c(F)cc(F)c1F)NCC1CCCS1. The molecule has 0 aromatic heterocycles. The van der Waals surface area contributed by atoms with Crippen LogP contribution in [-0.2, 0) is 6.54 Å². The lowest BCUT2D eigenvalue weighted by molar-refractivity contribution is 0.437. The first-order chi connectivity index (χ1) is 10.5. The standard InChI is InChI=1S/C14H17F4N3S/c1-19-14(20-6-8-3-2-4-22-8)21-7-9-12(17)10(15)5-11(16)13(9)18/h5,8H,2-4,6-7H2,1H3,(H2,19,20,21). The molecule has 22 heavy (non-hydrogen) atoms. The molecule has 0 saturated carbocycles. The van der Waals surface area contributed by atoms with Crippen LogP contribution < -0.4 is 10.6 Å². The van der Waals surface area contributed by atoms with Crippen molar-refractivity contribution in [3.63, 3.8) is 0 Å². The maximum atomic E-state index is 13.5.